The maximum absolute atomic E-state index is 13.2. The average molecular weight is 496 g/mol. The van der Waals surface area contributed by atoms with Crippen LogP contribution in [0.4, 0.5) is 5.69 Å². The van der Waals surface area contributed by atoms with E-state index in [1.54, 1.807) is 49.4 Å². The third kappa shape index (κ3) is 4.60. The van der Waals surface area contributed by atoms with Crippen LogP contribution in [0.2, 0.25) is 5.02 Å². The molecule has 0 aliphatic rings. The molecule has 0 N–H and O–H groups in total. The lowest BCUT2D eigenvalue weighted by Gasteiger charge is -2.23. The second kappa shape index (κ2) is 8.94. The van der Waals surface area contributed by atoms with Crippen LogP contribution in [0.25, 0.3) is 0 Å². The van der Waals surface area contributed by atoms with E-state index in [2.05, 4.69) is 20.9 Å². The Morgan fingerprint density at radius 1 is 1.14 bits per heavy atom. The molecule has 0 bridgehead atoms. The van der Waals surface area contributed by atoms with E-state index in [4.69, 9.17) is 16.3 Å². The normalized spacial score (nSPS) is 11.1. The van der Waals surface area contributed by atoms with Crippen LogP contribution in [0.1, 0.15) is 17.3 Å². The summed E-state index contributed by atoms with van der Waals surface area (Å²) in [7, 11) is -3.91. The Morgan fingerprint density at radius 2 is 1.86 bits per heavy atom. The highest BCUT2D eigenvalue weighted by atomic mass is 79.9. The maximum Gasteiger partial charge on any atom is 0.345 e. The van der Waals surface area contributed by atoms with E-state index in [0.717, 1.165) is 0 Å². The van der Waals surface area contributed by atoms with Crippen molar-refractivity contribution in [3.8, 4) is 5.75 Å². The Hall–Kier alpha value is -2.42. The van der Waals surface area contributed by atoms with Crippen LogP contribution in [-0.2, 0) is 10.0 Å². The largest absolute Gasteiger partial charge is 0.420 e. The van der Waals surface area contributed by atoms with Crippen molar-refractivity contribution in [3.05, 3.63) is 82.0 Å². The first kappa shape index (κ1) is 21.3. The van der Waals surface area contributed by atoms with Gasteiger partial charge in [0, 0.05) is 12.7 Å². The molecule has 9 heteroatoms. The number of carbonyl (C=O) groups excluding carboxylic acids is 1. The van der Waals surface area contributed by atoms with Crippen molar-refractivity contribution in [1.82, 2.24) is 4.98 Å². The quantitative estimate of drug-likeness (QED) is 0.358. The van der Waals surface area contributed by atoms with Crippen LogP contribution in [0.15, 0.2) is 76.4 Å². The molecule has 0 atom stereocenters. The zero-order valence-electron chi connectivity index (χ0n) is 15.2. The topological polar surface area (TPSA) is 76.6 Å². The second-order valence-corrected chi connectivity index (χ2v) is 8.85. The molecule has 29 heavy (non-hydrogen) atoms. The number of anilines is 1. The number of benzene rings is 2. The van der Waals surface area contributed by atoms with E-state index in [-0.39, 0.29) is 27.8 Å². The van der Waals surface area contributed by atoms with Crippen LogP contribution in [0.3, 0.4) is 0 Å². The minimum absolute atomic E-state index is 0.0624. The van der Waals surface area contributed by atoms with Gasteiger partial charge in [0.2, 0.25) is 0 Å². The number of halogens is 2. The van der Waals surface area contributed by atoms with Gasteiger partial charge >= 0.3 is 5.97 Å². The molecule has 0 radical (unpaired) electrons. The second-order valence-electron chi connectivity index (χ2n) is 5.83. The Kier molecular flexibility index (Phi) is 6.56. The SMILES string of the molecule is CCN(c1ccccc1)S(=O)(=O)c1ccc(Cl)c(C(=O)Oc2cccnc2Br)c1. The van der Waals surface area contributed by atoms with Gasteiger partial charge in [-0.1, -0.05) is 29.8 Å². The fourth-order valence-electron chi connectivity index (χ4n) is 2.64. The van der Waals surface area contributed by atoms with Crippen molar-refractivity contribution in [2.24, 2.45) is 0 Å². The van der Waals surface area contributed by atoms with E-state index in [9.17, 15) is 13.2 Å². The summed E-state index contributed by atoms with van der Waals surface area (Å²) in [6.45, 7) is 1.95. The number of para-hydroxylation sites is 1. The number of sulfonamides is 1. The fraction of sp³-hybridized carbons (Fsp3) is 0.100. The van der Waals surface area contributed by atoms with Crippen molar-refractivity contribution < 1.29 is 17.9 Å². The van der Waals surface area contributed by atoms with Crippen LogP contribution < -0.4 is 9.04 Å². The Balaban J connectivity index is 1.97. The zero-order valence-corrected chi connectivity index (χ0v) is 18.4. The molecule has 3 aromatic rings. The Bertz CT molecular complexity index is 1140. The lowest BCUT2D eigenvalue weighted by Crippen LogP contribution is -2.31. The molecule has 150 valence electrons. The maximum atomic E-state index is 13.2. The van der Waals surface area contributed by atoms with Crippen LogP contribution in [0, 0.1) is 0 Å². The summed E-state index contributed by atoms with van der Waals surface area (Å²) in [4.78, 5) is 16.5. The number of aromatic nitrogens is 1. The highest BCUT2D eigenvalue weighted by molar-refractivity contribution is 9.10. The van der Waals surface area contributed by atoms with Gasteiger partial charge in [-0.3, -0.25) is 4.31 Å². The summed E-state index contributed by atoms with van der Waals surface area (Å²) in [6.07, 6.45) is 1.53. The van der Waals surface area contributed by atoms with Crippen molar-refractivity contribution in [2.45, 2.75) is 11.8 Å². The summed E-state index contributed by atoms with van der Waals surface area (Å²) in [5.41, 5.74) is 0.459. The van der Waals surface area contributed by atoms with Gasteiger partial charge in [0.25, 0.3) is 10.0 Å². The van der Waals surface area contributed by atoms with Gasteiger partial charge in [0.05, 0.1) is 21.2 Å². The van der Waals surface area contributed by atoms with E-state index in [1.165, 1.54) is 28.7 Å². The molecule has 1 heterocycles. The molecule has 3 rings (SSSR count). The zero-order chi connectivity index (χ0) is 21.0. The van der Waals surface area contributed by atoms with Crippen molar-refractivity contribution in [2.75, 3.05) is 10.8 Å². The third-order valence-electron chi connectivity index (χ3n) is 4.00. The minimum Gasteiger partial charge on any atom is -0.420 e. The average Bonchev–Trinajstić information content (AvgIpc) is 2.71. The lowest BCUT2D eigenvalue weighted by molar-refractivity contribution is 0.0732. The molecular formula is C20H16BrClN2O4S. The smallest absolute Gasteiger partial charge is 0.345 e. The van der Waals surface area contributed by atoms with Crippen LogP contribution in [0.5, 0.6) is 5.75 Å². The Labute approximate surface area is 182 Å². The number of ether oxygens (including phenoxy) is 1. The number of esters is 1. The van der Waals surface area contributed by atoms with E-state index < -0.39 is 16.0 Å². The summed E-state index contributed by atoms with van der Waals surface area (Å²) in [5.74, 6) is -0.593. The lowest BCUT2D eigenvalue weighted by atomic mass is 10.2. The van der Waals surface area contributed by atoms with Crippen LogP contribution >= 0.6 is 27.5 Å². The molecule has 0 aliphatic heterocycles. The van der Waals surface area contributed by atoms with Gasteiger partial charge in [0.15, 0.2) is 5.75 Å². The van der Waals surface area contributed by atoms with Crippen molar-refractivity contribution >= 4 is 49.2 Å². The van der Waals surface area contributed by atoms with Crippen molar-refractivity contribution in [3.63, 3.8) is 0 Å². The monoisotopic (exact) mass is 494 g/mol. The number of nitrogens with zero attached hydrogens (tertiary/aromatic N) is 2. The van der Waals surface area contributed by atoms with Gasteiger partial charge in [-0.2, -0.15) is 0 Å². The van der Waals surface area contributed by atoms with E-state index in [0.29, 0.717) is 10.3 Å². The van der Waals surface area contributed by atoms with E-state index in [1.807, 2.05) is 0 Å². The minimum atomic E-state index is -3.91. The predicted octanol–water partition coefficient (Wildman–Crippen LogP) is 4.93. The van der Waals surface area contributed by atoms with Gasteiger partial charge in [0.1, 0.15) is 4.60 Å². The van der Waals surface area contributed by atoms with Gasteiger partial charge in [-0.25, -0.2) is 18.2 Å². The van der Waals surface area contributed by atoms with Gasteiger partial charge in [-0.15, -0.1) is 0 Å². The molecule has 6 nitrogen and oxygen atoms in total. The molecule has 0 saturated carbocycles. The van der Waals surface area contributed by atoms with Gasteiger partial charge < -0.3 is 4.74 Å². The van der Waals surface area contributed by atoms with E-state index >= 15 is 0 Å². The summed E-state index contributed by atoms with van der Waals surface area (Å²) < 4.78 is 33.3. The molecule has 0 amide bonds. The highest BCUT2D eigenvalue weighted by Gasteiger charge is 2.26. The highest BCUT2D eigenvalue weighted by Crippen LogP contribution is 2.28. The van der Waals surface area contributed by atoms with Gasteiger partial charge in [-0.05, 0) is 65.3 Å². The summed E-state index contributed by atoms with van der Waals surface area (Å²) >= 11 is 9.33. The fourth-order valence-corrected chi connectivity index (χ4v) is 4.66. The number of rotatable bonds is 6. The summed E-state index contributed by atoms with van der Waals surface area (Å²) in [5, 5.41) is 0.0803. The first-order chi connectivity index (χ1) is 13.8. The number of carbonyl (C=O) groups is 1. The first-order valence-electron chi connectivity index (χ1n) is 8.54. The first-order valence-corrected chi connectivity index (χ1v) is 11.2. The molecule has 0 spiro atoms. The molecular weight excluding hydrogens is 480 g/mol. The standard InChI is InChI=1S/C20H16BrClN2O4S/c1-2-24(14-7-4-3-5-8-14)29(26,27)15-10-11-17(22)16(13-15)20(25)28-18-9-6-12-23-19(18)21/h3-13H,2H2,1H3. The Morgan fingerprint density at radius 3 is 2.52 bits per heavy atom. The number of pyridine rings is 1. The predicted molar refractivity (Wildman–Crippen MR) is 115 cm³/mol. The third-order valence-corrected chi connectivity index (χ3v) is 6.83. The number of hydrogen-bond acceptors (Lipinski definition) is 5. The molecule has 0 fully saturated rings. The molecule has 1 aromatic heterocycles. The number of hydrogen-bond donors (Lipinski definition) is 0. The molecule has 2 aromatic carbocycles. The van der Waals surface area contributed by atoms with Crippen molar-refractivity contribution in [1.29, 1.82) is 0 Å². The molecule has 0 saturated heterocycles. The summed E-state index contributed by atoms with van der Waals surface area (Å²) in [6, 6.07) is 15.8. The molecule has 0 aliphatic carbocycles. The molecule has 0 unspecified atom stereocenters. The van der Waals surface area contributed by atoms with Crippen LogP contribution in [-0.4, -0.2) is 25.9 Å².